The average Bonchev–Trinajstić information content (AvgIpc) is 3.41. The third kappa shape index (κ3) is 7.07. The molecule has 8 heteroatoms. The topological polar surface area (TPSA) is 78.3 Å². The summed E-state index contributed by atoms with van der Waals surface area (Å²) in [7, 11) is 0. The zero-order valence-corrected chi connectivity index (χ0v) is 20.6. The van der Waals surface area contributed by atoms with Gasteiger partial charge in [0.15, 0.2) is 5.69 Å². The predicted octanol–water partition coefficient (Wildman–Crippen LogP) is 4.13. The molecule has 0 radical (unpaired) electrons. The number of amides is 1. The Morgan fingerprint density at radius 1 is 1.28 bits per heavy atom. The van der Waals surface area contributed by atoms with E-state index in [2.05, 4.69) is 50.3 Å². The Hall–Kier alpha value is -2.37. The number of ether oxygens (including phenoxy) is 2. The minimum Gasteiger partial charge on any atom is -0.481 e. The van der Waals surface area contributed by atoms with Crippen molar-refractivity contribution < 1.29 is 14.3 Å². The summed E-state index contributed by atoms with van der Waals surface area (Å²) in [5, 5.41) is 11.3. The molecule has 0 spiro atoms. The molecule has 4 atom stereocenters. The van der Waals surface area contributed by atoms with Gasteiger partial charge in [0.1, 0.15) is 12.4 Å². The molecule has 1 N–H and O–H groups in total. The molecule has 0 bridgehead atoms. The summed E-state index contributed by atoms with van der Waals surface area (Å²) in [6.07, 6.45) is 4.59. The maximum Gasteiger partial charge on any atom is 0.225 e. The average molecular weight is 503 g/mol. The number of hydrogen-bond donors (Lipinski definition) is 1. The second-order valence-electron chi connectivity index (χ2n) is 8.54. The van der Waals surface area contributed by atoms with Gasteiger partial charge in [-0.3, -0.25) is 4.79 Å². The fourth-order valence-electron chi connectivity index (χ4n) is 3.67. The quantitative estimate of drug-likeness (QED) is 0.549. The normalized spacial score (nSPS) is 19.8. The van der Waals surface area contributed by atoms with Gasteiger partial charge in [0.05, 0.1) is 30.4 Å². The summed E-state index contributed by atoms with van der Waals surface area (Å²) < 4.78 is 14.6. The Kier molecular flexibility index (Phi) is 8.71. The maximum absolute atomic E-state index is 12.3. The monoisotopic (exact) mass is 502 g/mol. The molecule has 1 fully saturated rings. The van der Waals surface area contributed by atoms with Gasteiger partial charge in [-0.25, -0.2) is 4.68 Å². The third-order valence-corrected chi connectivity index (χ3v) is 5.98. The van der Waals surface area contributed by atoms with Crippen LogP contribution < -0.4 is 10.1 Å². The lowest BCUT2D eigenvalue weighted by Crippen LogP contribution is -2.39. The van der Waals surface area contributed by atoms with Gasteiger partial charge in [-0.2, -0.15) is 0 Å². The molecule has 1 aliphatic rings. The van der Waals surface area contributed by atoms with Gasteiger partial charge in [0, 0.05) is 10.5 Å². The van der Waals surface area contributed by atoms with E-state index < -0.39 is 0 Å². The number of benzene rings is 1. The number of nitrogens with zero attached hydrogens (tertiary/aromatic N) is 3. The Labute approximate surface area is 198 Å². The van der Waals surface area contributed by atoms with Crippen molar-refractivity contribution in [2.75, 3.05) is 6.61 Å². The zero-order chi connectivity index (χ0) is 23.1. The van der Waals surface area contributed by atoms with Crippen LogP contribution in [0.15, 0.2) is 34.9 Å². The van der Waals surface area contributed by atoms with Crippen molar-refractivity contribution in [1.82, 2.24) is 20.3 Å². The molecule has 0 saturated carbocycles. The molecule has 32 heavy (non-hydrogen) atoms. The first-order valence-corrected chi connectivity index (χ1v) is 11.9. The van der Waals surface area contributed by atoms with E-state index in [1.54, 1.807) is 0 Å². The molecule has 1 aromatic carbocycles. The summed E-state index contributed by atoms with van der Waals surface area (Å²) in [5.41, 5.74) is 0.612. The molecular weight excluding hydrogens is 472 g/mol. The van der Waals surface area contributed by atoms with Crippen molar-refractivity contribution in [3.63, 3.8) is 0 Å². The summed E-state index contributed by atoms with van der Waals surface area (Å²) in [6, 6.07) is 7.88. The maximum atomic E-state index is 12.3. The SMILES string of the molecule is CC(C)NC(=O)[C@H](C)[C@H]1CC[C@@H](C[C@@H](C)n2cc(C#CCOc3ccc(Br)cc3)nn2)O1. The van der Waals surface area contributed by atoms with Crippen LogP contribution in [0.4, 0.5) is 0 Å². The highest BCUT2D eigenvalue weighted by Crippen LogP contribution is 2.30. The van der Waals surface area contributed by atoms with Gasteiger partial charge in [-0.1, -0.05) is 34.0 Å². The number of rotatable bonds is 8. The lowest BCUT2D eigenvalue weighted by atomic mass is 10.00. The number of carbonyl (C=O) groups excluding carboxylic acids is 1. The van der Waals surface area contributed by atoms with Crippen LogP contribution in [0.3, 0.4) is 0 Å². The number of halogens is 1. The van der Waals surface area contributed by atoms with Crippen LogP contribution in [-0.2, 0) is 9.53 Å². The van der Waals surface area contributed by atoms with Gasteiger partial charge in [0.25, 0.3) is 0 Å². The van der Waals surface area contributed by atoms with Crippen LogP contribution in [0.1, 0.15) is 58.7 Å². The first-order valence-electron chi connectivity index (χ1n) is 11.1. The number of hydrogen-bond acceptors (Lipinski definition) is 5. The standard InChI is InChI=1S/C24H31BrN4O3/c1-16(2)26-24(30)18(4)23-12-11-22(32-23)14-17(3)29-15-20(27-28-29)6-5-13-31-21-9-7-19(25)8-10-21/h7-10,15-18,22-23H,11-14H2,1-4H3,(H,26,30)/t17-,18-,22+,23-/m1/s1. The highest BCUT2D eigenvalue weighted by molar-refractivity contribution is 9.10. The fraction of sp³-hybridized carbons (Fsp3) is 0.542. The molecule has 0 aliphatic carbocycles. The molecule has 1 aromatic heterocycles. The van der Waals surface area contributed by atoms with Crippen LogP contribution in [0, 0.1) is 17.8 Å². The molecule has 172 valence electrons. The van der Waals surface area contributed by atoms with Crippen LogP contribution >= 0.6 is 15.9 Å². The van der Waals surface area contributed by atoms with E-state index in [9.17, 15) is 4.79 Å². The minimum atomic E-state index is -0.148. The molecule has 7 nitrogen and oxygen atoms in total. The highest BCUT2D eigenvalue weighted by atomic mass is 79.9. The first-order chi connectivity index (χ1) is 15.3. The van der Waals surface area contributed by atoms with Crippen LogP contribution in [0.25, 0.3) is 0 Å². The summed E-state index contributed by atoms with van der Waals surface area (Å²) >= 11 is 3.40. The van der Waals surface area contributed by atoms with Crippen molar-refractivity contribution in [2.24, 2.45) is 5.92 Å². The van der Waals surface area contributed by atoms with Gasteiger partial charge < -0.3 is 14.8 Å². The molecule has 1 amide bonds. The number of nitrogens with one attached hydrogen (secondary N) is 1. The lowest BCUT2D eigenvalue weighted by molar-refractivity contribution is -0.129. The second kappa shape index (κ2) is 11.5. The van der Waals surface area contributed by atoms with E-state index in [-0.39, 0.29) is 42.7 Å². The van der Waals surface area contributed by atoms with Crippen molar-refractivity contribution in [2.45, 2.75) is 71.2 Å². The van der Waals surface area contributed by atoms with Gasteiger partial charge in [-0.15, -0.1) is 5.10 Å². The van der Waals surface area contributed by atoms with Gasteiger partial charge in [-0.05, 0) is 70.2 Å². The minimum absolute atomic E-state index is 0.0335. The van der Waals surface area contributed by atoms with E-state index in [1.165, 1.54) is 0 Å². The van der Waals surface area contributed by atoms with Crippen molar-refractivity contribution in [3.05, 3.63) is 40.6 Å². The molecule has 3 rings (SSSR count). The zero-order valence-electron chi connectivity index (χ0n) is 19.0. The first kappa shape index (κ1) is 24.3. The van der Waals surface area contributed by atoms with Crippen LogP contribution in [0.2, 0.25) is 0 Å². The lowest BCUT2D eigenvalue weighted by Gasteiger charge is -2.22. The highest BCUT2D eigenvalue weighted by Gasteiger charge is 2.34. The Bertz CT molecular complexity index is 948. The van der Waals surface area contributed by atoms with Crippen LogP contribution in [0.5, 0.6) is 5.75 Å². The van der Waals surface area contributed by atoms with Crippen molar-refractivity contribution in [1.29, 1.82) is 0 Å². The molecule has 1 aliphatic heterocycles. The van der Waals surface area contributed by atoms with E-state index in [0.717, 1.165) is 29.5 Å². The fourth-order valence-corrected chi connectivity index (χ4v) is 3.94. The van der Waals surface area contributed by atoms with Gasteiger partial charge in [0.2, 0.25) is 5.91 Å². The Balaban J connectivity index is 1.45. The van der Waals surface area contributed by atoms with E-state index in [1.807, 2.05) is 55.9 Å². The molecular formula is C24H31BrN4O3. The number of carbonyl (C=O) groups is 1. The second-order valence-corrected chi connectivity index (χ2v) is 9.45. The third-order valence-electron chi connectivity index (χ3n) is 5.45. The van der Waals surface area contributed by atoms with Crippen molar-refractivity contribution >= 4 is 21.8 Å². The molecule has 1 saturated heterocycles. The largest absolute Gasteiger partial charge is 0.481 e. The van der Waals surface area contributed by atoms with E-state index in [4.69, 9.17) is 9.47 Å². The molecule has 0 unspecified atom stereocenters. The van der Waals surface area contributed by atoms with E-state index >= 15 is 0 Å². The number of aromatic nitrogens is 3. The summed E-state index contributed by atoms with van der Waals surface area (Å²) in [4.78, 5) is 12.3. The summed E-state index contributed by atoms with van der Waals surface area (Å²) in [6.45, 7) is 8.25. The van der Waals surface area contributed by atoms with Crippen LogP contribution in [-0.4, -0.2) is 45.8 Å². The smallest absolute Gasteiger partial charge is 0.225 e. The Morgan fingerprint density at radius 3 is 2.75 bits per heavy atom. The van der Waals surface area contributed by atoms with Crippen molar-refractivity contribution in [3.8, 4) is 17.6 Å². The summed E-state index contributed by atoms with van der Waals surface area (Å²) in [5.74, 6) is 6.64. The Morgan fingerprint density at radius 2 is 2.03 bits per heavy atom. The molecule has 2 aromatic rings. The van der Waals surface area contributed by atoms with Gasteiger partial charge >= 0.3 is 0 Å². The van der Waals surface area contributed by atoms with E-state index in [0.29, 0.717) is 5.69 Å². The predicted molar refractivity (Wildman–Crippen MR) is 126 cm³/mol. The molecule has 2 heterocycles.